The van der Waals surface area contributed by atoms with Crippen LogP contribution < -0.4 is 5.32 Å². The van der Waals surface area contributed by atoms with Gasteiger partial charge >= 0.3 is 0 Å². The Morgan fingerprint density at radius 2 is 2.14 bits per heavy atom. The Bertz CT molecular complexity index is 730. The third-order valence-electron chi connectivity index (χ3n) is 2.76. The maximum atomic E-state index is 12.1. The number of aromatic hydroxyl groups is 1. The summed E-state index contributed by atoms with van der Waals surface area (Å²) >= 11 is 0. The Morgan fingerprint density at radius 1 is 1.33 bits per heavy atom. The van der Waals surface area contributed by atoms with Crippen LogP contribution in [0.2, 0.25) is 0 Å². The summed E-state index contributed by atoms with van der Waals surface area (Å²) in [6, 6.07) is 9.71. The molecule has 1 heterocycles. The van der Waals surface area contributed by atoms with E-state index in [1.165, 1.54) is 6.07 Å². The lowest BCUT2D eigenvalue weighted by molar-refractivity contribution is 0.102. The van der Waals surface area contributed by atoms with E-state index >= 15 is 0 Å². The number of hydrogen-bond donors (Lipinski definition) is 3. The molecule has 2 aromatic rings. The van der Waals surface area contributed by atoms with E-state index in [0.717, 1.165) is 0 Å². The van der Waals surface area contributed by atoms with E-state index < -0.39 is 0 Å². The van der Waals surface area contributed by atoms with Crippen LogP contribution in [0.5, 0.6) is 5.75 Å². The zero-order chi connectivity index (χ0) is 15.2. The van der Waals surface area contributed by atoms with Gasteiger partial charge in [0.05, 0.1) is 0 Å². The molecule has 0 atom stereocenters. The van der Waals surface area contributed by atoms with Crippen LogP contribution in [-0.4, -0.2) is 27.7 Å². The first-order valence-corrected chi connectivity index (χ1v) is 6.28. The number of aromatic nitrogens is 1. The van der Waals surface area contributed by atoms with Gasteiger partial charge in [0.25, 0.3) is 5.91 Å². The number of nitrogens with one attached hydrogen (secondary N) is 1. The van der Waals surface area contributed by atoms with Crippen LogP contribution in [0.1, 0.15) is 21.6 Å². The molecule has 21 heavy (non-hydrogen) atoms. The summed E-state index contributed by atoms with van der Waals surface area (Å²) in [5.74, 6) is 5.20. The fraction of sp³-hybridized carbons (Fsp3) is 0.125. The van der Waals surface area contributed by atoms with Crippen molar-refractivity contribution in [2.45, 2.75) is 6.92 Å². The van der Waals surface area contributed by atoms with Gasteiger partial charge in [0.1, 0.15) is 23.9 Å². The lowest BCUT2D eigenvalue weighted by atomic mass is 10.1. The molecule has 0 radical (unpaired) electrons. The molecule has 0 saturated heterocycles. The van der Waals surface area contributed by atoms with Crippen molar-refractivity contribution < 1.29 is 15.0 Å². The van der Waals surface area contributed by atoms with E-state index in [1.807, 2.05) is 0 Å². The van der Waals surface area contributed by atoms with Gasteiger partial charge in [-0.25, -0.2) is 4.98 Å². The van der Waals surface area contributed by atoms with Crippen LogP contribution in [0, 0.1) is 18.8 Å². The zero-order valence-corrected chi connectivity index (χ0v) is 11.4. The Hall–Kier alpha value is -2.84. The van der Waals surface area contributed by atoms with Gasteiger partial charge < -0.3 is 15.5 Å². The number of pyridine rings is 1. The number of phenols is 1. The number of hydrogen-bond acceptors (Lipinski definition) is 4. The van der Waals surface area contributed by atoms with Gasteiger partial charge in [-0.05, 0) is 42.7 Å². The van der Waals surface area contributed by atoms with Crippen LogP contribution >= 0.6 is 0 Å². The molecule has 106 valence electrons. The summed E-state index contributed by atoms with van der Waals surface area (Å²) in [6.45, 7) is 1.50. The number of benzene rings is 1. The van der Waals surface area contributed by atoms with Gasteiger partial charge in [0.15, 0.2) is 0 Å². The minimum atomic E-state index is -0.370. The summed E-state index contributed by atoms with van der Waals surface area (Å²) in [5.41, 5.74) is 1.49. The van der Waals surface area contributed by atoms with Gasteiger partial charge in [0, 0.05) is 5.56 Å². The van der Waals surface area contributed by atoms with Gasteiger partial charge in [-0.15, -0.1) is 0 Å². The van der Waals surface area contributed by atoms with Crippen molar-refractivity contribution in [1.29, 1.82) is 0 Å². The molecule has 0 unspecified atom stereocenters. The molecule has 1 aromatic carbocycles. The highest BCUT2D eigenvalue weighted by Crippen LogP contribution is 2.18. The van der Waals surface area contributed by atoms with Crippen LogP contribution in [0.15, 0.2) is 36.4 Å². The van der Waals surface area contributed by atoms with Crippen molar-refractivity contribution in [3.05, 3.63) is 53.2 Å². The molecule has 0 aliphatic heterocycles. The molecular weight excluding hydrogens is 268 g/mol. The predicted molar refractivity (Wildman–Crippen MR) is 79.0 cm³/mol. The molecule has 0 aliphatic rings. The molecule has 3 N–H and O–H groups in total. The van der Waals surface area contributed by atoms with Crippen molar-refractivity contribution in [3.63, 3.8) is 0 Å². The van der Waals surface area contributed by atoms with Gasteiger partial charge in [-0.1, -0.05) is 18.1 Å². The topological polar surface area (TPSA) is 82.5 Å². The standard InChI is InChI=1S/C16H14N2O3/c1-11-7-8-12(10-14(11)20)16(21)18-15-6-2-4-13(17-15)5-3-9-19/h2,4,6-8,10,19-20H,9H2,1H3,(H,17,18,21). The first-order valence-electron chi connectivity index (χ1n) is 6.28. The second-order valence-electron chi connectivity index (χ2n) is 4.32. The fourth-order valence-corrected chi connectivity index (χ4v) is 1.64. The Kier molecular flexibility index (Phi) is 4.54. The first kappa shape index (κ1) is 14.6. The Balaban J connectivity index is 2.17. The largest absolute Gasteiger partial charge is 0.508 e. The lowest BCUT2D eigenvalue weighted by Gasteiger charge is -2.06. The monoisotopic (exact) mass is 282 g/mol. The van der Waals surface area contributed by atoms with Crippen LogP contribution in [0.25, 0.3) is 0 Å². The zero-order valence-electron chi connectivity index (χ0n) is 11.4. The molecular formula is C16H14N2O3. The summed E-state index contributed by atoms with van der Waals surface area (Å²) in [4.78, 5) is 16.2. The normalized spacial score (nSPS) is 9.62. The fourth-order valence-electron chi connectivity index (χ4n) is 1.64. The van der Waals surface area contributed by atoms with Gasteiger partial charge in [0.2, 0.25) is 0 Å². The highest BCUT2D eigenvalue weighted by Gasteiger charge is 2.08. The number of aliphatic hydroxyl groups is 1. The van der Waals surface area contributed by atoms with Crippen LogP contribution in [0.3, 0.4) is 0 Å². The maximum absolute atomic E-state index is 12.1. The van der Waals surface area contributed by atoms with Crippen LogP contribution in [0.4, 0.5) is 5.82 Å². The lowest BCUT2D eigenvalue weighted by Crippen LogP contribution is -2.13. The minimum absolute atomic E-state index is 0.0678. The highest BCUT2D eigenvalue weighted by atomic mass is 16.3. The molecule has 5 nitrogen and oxygen atoms in total. The SMILES string of the molecule is Cc1ccc(C(=O)Nc2cccc(C#CCO)n2)cc1O. The first-order chi connectivity index (χ1) is 10.1. The Morgan fingerprint density at radius 3 is 2.86 bits per heavy atom. The molecule has 0 fully saturated rings. The van der Waals surface area contributed by atoms with E-state index in [9.17, 15) is 9.90 Å². The van der Waals surface area contributed by atoms with E-state index in [0.29, 0.717) is 22.6 Å². The number of carbonyl (C=O) groups excluding carboxylic acids is 1. The molecule has 1 aromatic heterocycles. The molecule has 0 spiro atoms. The third-order valence-corrected chi connectivity index (χ3v) is 2.76. The number of rotatable bonds is 2. The van der Waals surface area contributed by atoms with Crippen molar-refractivity contribution in [2.75, 3.05) is 11.9 Å². The van der Waals surface area contributed by atoms with Crippen molar-refractivity contribution >= 4 is 11.7 Å². The quantitative estimate of drug-likeness (QED) is 0.732. The smallest absolute Gasteiger partial charge is 0.256 e. The second kappa shape index (κ2) is 6.55. The number of aryl methyl sites for hydroxylation is 1. The van der Waals surface area contributed by atoms with Crippen LogP contribution in [-0.2, 0) is 0 Å². The summed E-state index contributed by atoms with van der Waals surface area (Å²) in [7, 11) is 0. The van der Waals surface area contributed by atoms with E-state index in [2.05, 4.69) is 22.1 Å². The molecule has 0 aliphatic carbocycles. The molecule has 0 bridgehead atoms. The summed E-state index contributed by atoms with van der Waals surface area (Å²) in [5, 5.41) is 20.9. The molecule has 5 heteroatoms. The summed E-state index contributed by atoms with van der Waals surface area (Å²) < 4.78 is 0. The molecule has 1 amide bonds. The van der Waals surface area contributed by atoms with E-state index in [4.69, 9.17) is 5.11 Å². The summed E-state index contributed by atoms with van der Waals surface area (Å²) in [6.07, 6.45) is 0. The van der Waals surface area contributed by atoms with Crippen molar-refractivity contribution in [1.82, 2.24) is 4.98 Å². The highest BCUT2D eigenvalue weighted by molar-refractivity contribution is 6.04. The predicted octanol–water partition coefficient (Wildman–Crippen LogP) is 1.69. The average molecular weight is 282 g/mol. The number of carbonyl (C=O) groups is 1. The number of phenolic OH excluding ortho intramolecular Hbond substituents is 1. The minimum Gasteiger partial charge on any atom is -0.508 e. The molecule has 0 saturated carbocycles. The van der Waals surface area contributed by atoms with Crippen molar-refractivity contribution in [3.8, 4) is 17.6 Å². The van der Waals surface area contributed by atoms with Gasteiger partial charge in [-0.3, -0.25) is 4.79 Å². The number of aliphatic hydroxyl groups excluding tert-OH is 1. The third kappa shape index (κ3) is 3.81. The maximum Gasteiger partial charge on any atom is 0.256 e. The average Bonchev–Trinajstić information content (AvgIpc) is 2.48. The molecule has 2 rings (SSSR count). The Labute approximate surface area is 122 Å². The van der Waals surface area contributed by atoms with E-state index in [1.54, 1.807) is 37.3 Å². The number of nitrogens with zero attached hydrogens (tertiary/aromatic N) is 1. The van der Waals surface area contributed by atoms with E-state index in [-0.39, 0.29) is 18.3 Å². The van der Waals surface area contributed by atoms with Gasteiger partial charge in [-0.2, -0.15) is 0 Å². The number of amides is 1. The van der Waals surface area contributed by atoms with Crippen molar-refractivity contribution in [2.24, 2.45) is 0 Å². The second-order valence-corrected chi connectivity index (χ2v) is 4.32. The number of anilines is 1.